The number of amides is 2. The largest absolute Gasteiger partial charge is 0.341 e. The van der Waals surface area contributed by atoms with E-state index in [9.17, 15) is 9.59 Å². The van der Waals surface area contributed by atoms with Crippen LogP contribution in [0.2, 0.25) is 0 Å². The van der Waals surface area contributed by atoms with Crippen LogP contribution in [-0.4, -0.2) is 58.8 Å². The van der Waals surface area contributed by atoms with Crippen LogP contribution >= 0.6 is 11.3 Å². The Morgan fingerprint density at radius 3 is 2.72 bits per heavy atom. The van der Waals surface area contributed by atoms with Gasteiger partial charge in [0.25, 0.3) is 0 Å². The van der Waals surface area contributed by atoms with Crippen molar-refractivity contribution in [2.45, 2.75) is 32.9 Å². The molecule has 1 atom stereocenters. The number of benzene rings is 1. The number of thiazole rings is 1. The molecule has 1 fully saturated rings. The molecule has 0 saturated carbocycles. The minimum atomic E-state index is -0.546. The molecule has 0 aliphatic carbocycles. The van der Waals surface area contributed by atoms with E-state index in [1.807, 2.05) is 42.2 Å². The van der Waals surface area contributed by atoms with E-state index in [-0.39, 0.29) is 11.8 Å². The van der Waals surface area contributed by atoms with Crippen LogP contribution in [0.3, 0.4) is 0 Å². The summed E-state index contributed by atoms with van der Waals surface area (Å²) in [6.07, 6.45) is 4.14. The van der Waals surface area contributed by atoms with Crippen molar-refractivity contribution >= 4 is 29.2 Å². The summed E-state index contributed by atoms with van der Waals surface area (Å²) >= 11 is 1.67. The number of aromatic nitrogens is 1. The lowest BCUT2D eigenvalue weighted by atomic mass is 10.2. The van der Waals surface area contributed by atoms with Crippen molar-refractivity contribution < 1.29 is 9.59 Å². The Balaban J connectivity index is 1.47. The van der Waals surface area contributed by atoms with Gasteiger partial charge in [0.1, 0.15) is 6.04 Å². The third-order valence-electron chi connectivity index (χ3n) is 4.91. The van der Waals surface area contributed by atoms with Crippen LogP contribution in [0.25, 0.3) is 6.08 Å². The standard InChI is InChI=1S/C22H28N4O2S/c1-17(23-21(27)10-9-19-7-4-3-5-8-19)22(28)26-12-6-11-25(13-14-26)15-20-16-29-18(2)24-20/h3-5,7-10,16-17H,6,11-15H2,1-2H3,(H,23,27)/b10-9+. The van der Waals surface area contributed by atoms with Crippen molar-refractivity contribution in [3.05, 3.63) is 58.1 Å². The van der Waals surface area contributed by atoms with Gasteiger partial charge in [-0.05, 0) is 31.9 Å². The summed E-state index contributed by atoms with van der Waals surface area (Å²) in [6, 6.07) is 9.07. The average Bonchev–Trinajstić information content (AvgIpc) is 2.98. The lowest BCUT2D eigenvalue weighted by Gasteiger charge is -2.25. The first-order valence-electron chi connectivity index (χ1n) is 9.97. The van der Waals surface area contributed by atoms with Crippen molar-refractivity contribution in [1.82, 2.24) is 20.1 Å². The zero-order chi connectivity index (χ0) is 20.6. The maximum absolute atomic E-state index is 12.8. The van der Waals surface area contributed by atoms with E-state index in [1.165, 1.54) is 6.08 Å². The van der Waals surface area contributed by atoms with E-state index < -0.39 is 6.04 Å². The normalized spacial score (nSPS) is 16.6. The third-order valence-corrected chi connectivity index (χ3v) is 5.73. The van der Waals surface area contributed by atoms with E-state index in [1.54, 1.807) is 24.3 Å². The van der Waals surface area contributed by atoms with Gasteiger partial charge in [0, 0.05) is 44.2 Å². The molecule has 1 aromatic heterocycles. The molecule has 1 saturated heterocycles. The van der Waals surface area contributed by atoms with Gasteiger partial charge in [0.2, 0.25) is 11.8 Å². The lowest BCUT2D eigenvalue weighted by molar-refractivity contribution is -0.135. The number of nitrogens with zero attached hydrogens (tertiary/aromatic N) is 3. The first kappa shape index (κ1) is 21.2. The van der Waals surface area contributed by atoms with Crippen LogP contribution in [0.15, 0.2) is 41.8 Å². The average molecular weight is 413 g/mol. The van der Waals surface area contributed by atoms with E-state index >= 15 is 0 Å². The molecule has 1 unspecified atom stereocenters. The van der Waals surface area contributed by atoms with Gasteiger partial charge in [-0.2, -0.15) is 0 Å². The number of carbonyl (C=O) groups is 2. The van der Waals surface area contributed by atoms with Gasteiger partial charge in [0.05, 0.1) is 10.7 Å². The monoisotopic (exact) mass is 412 g/mol. The van der Waals surface area contributed by atoms with Crippen LogP contribution in [0.5, 0.6) is 0 Å². The Hall–Kier alpha value is -2.51. The summed E-state index contributed by atoms with van der Waals surface area (Å²) in [6.45, 7) is 7.73. The highest BCUT2D eigenvalue weighted by Gasteiger charge is 2.24. The van der Waals surface area contributed by atoms with Crippen molar-refractivity contribution in [1.29, 1.82) is 0 Å². The molecule has 1 N–H and O–H groups in total. The molecule has 0 bridgehead atoms. The maximum atomic E-state index is 12.8. The molecule has 2 aromatic rings. The number of aryl methyl sites for hydroxylation is 1. The Morgan fingerprint density at radius 1 is 1.21 bits per heavy atom. The van der Waals surface area contributed by atoms with Crippen molar-refractivity contribution in [3.8, 4) is 0 Å². The molecule has 6 nitrogen and oxygen atoms in total. The Labute approximate surface area is 176 Å². The van der Waals surface area contributed by atoms with Crippen LogP contribution in [0.4, 0.5) is 0 Å². The summed E-state index contributed by atoms with van der Waals surface area (Å²) in [5.41, 5.74) is 2.04. The van der Waals surface area contributed by atoms with Crippen LogP contribution < -0.4 is 5.32 Å². The SMILES string of the molecule is Cc1nc(CN2CCCN(C(=O)C(C)NC(=O)/C=C/c3ccccc3)CC2)cs1. The summed E-state index contributed by atoms with van der Waals surface area (Å²) in [7, 11) is 0. The van der Waals surface area contributed by atoms with Crippen LogP contribution in [0.1, 0.15) is 29.6 Å². The zero-order valence-electron chi connectivity index (χ0n) is 17.0. The van der Waals surface area contributed by atoms with Gasteiger partial charge >= 0.3 is 0 Å². The minimum absolute atomic E-state index is 0.0298. The summed E-state index contributed by atoms with van der Waals surface area (Å²) in [5, 5.41) is 5.96. The molecule has 0 radical (unpaired) electrons. The molecule has 7 heteroatoms. The minimum Gasteiger partial charge on any atom is -0.341 e. The van der Waals surface area contributed by atoms with Crippen molar-refractivity contribution in [3.63, 3.8) is 0 Å². The fourth-order valence-corrected chi connectivity index (χ4v) is 4.00. The fourth-order valence-electron chi connectivity index (χ4n) is 3.39. The Kier molecular flexibility index (Phi) is 7.55. The van der Waals surface area contributed by atoms with Gasteiger partial charge in [-0.3, -0.25) is 14.5 Å². The second-order valence-electron chi connectivity index (χ2n) is 7.29. The smallest absolute Gasteiger partial charge is 0.244 e. The van der Waals surface area contributed by atoms with E-state index in [4.69, 9.17) is 0 Å². The quantitative estimate of drug-likeness (QED) is 0.741. The molecule has 3 rings (SSSR count). The number of hydrogen-bond acceptors (Lipinski definition) is 5. The molecule has 1 aromatic carbocycles. The first-order chi connectivity index (χ1) is 14.0. The molecule has 1 aliphatic heterocycles. The topological polar surface area (TPSA) is 65.5 Å². The summed E-state index contributed by atoms with van der Waals surface area (Å²) in [5.74, 6) is -0.289. The Morgan fingerprint density at radius 2 is 2.00 bits per heavy atom. The van der Waals surface area contributed by atoms with Gasteiger partial charge in [-0.1, -0.05) is 30.3 Å². The molecular weight excluding hydrogens is 384 g/mol. The highest BCUT2D eigenvalue weighted by Crippen LogP contribution is 2.13. The number of nitrogens with one attached hydrogen (secondary N) is 1. The van der Waals surface area contributed by atoms with Gasteiger partial charge < -0.3 is 10.2 Å². The van der Waals surface area contributed by atoms with Crippen LogP contribution in [0, 0.1) is 6.92 Å². The fraction of sp³-hybridized carbons (Fsp3) is 0.409. The molecule has 154 valence electrons. The molecule has 29 heavy (non-hydrogen) atoms. The number of carbonyl (C=O) groups excluding carboxylic acids is 2. The lowest BCUT2D eigenvalue weighted by Crippen LogP contribution is -2.47. The number of hydrogen-bond donors (Lipinski definition) is 1. The second kappa shape index (κ2) is 10.3. The molecule has 0 spiro atoms. The van der Waals surface area contributed by atoms with Gasteiger partial charge in [-0.15, -0.1) is 11.3 Å². The molecule has 1 aliphatic rings. The third kappa shape index (κ3) is 6.51. The highest BCUT2D eigenvalue weighted by molar-refractivity contribution is 7.09. The van der Waals surface area contributed by atoms with E-state index in [0.29, 0.717) is 13.1 Å². The maximum Gasteiger partial charge on any atom is 0.244 e. The zero-order valence-corrected chi connectivity index (χ0v) is 17.8. The van der Waals surface area contributed by atoms with Crippen LogP contribution in [-0.2, 0) is 16.1 Å². The molecule has 2 heterocycles. The van der Waals surface area contributed by atoms with E-state index in [0.717, 1.165) is 42.3 Å². The second-order valence-corrected chi connectivity index (χ2v) is 8.35. The summed E-state index contributed by atoms with van der Waals surface area (Å²) < 4.78 is 0. The van der Waals surface area contributed by atoms with E-state index in [2.05, 4.69) is 20.6 Å². The summed E-state index contributed by atoms with van der Waals surface area (Å²) in [4.78, 5) is 33.7. The number of rotatable bonds is 6. The molecular formula is C22H28N4O2S. The van der Waals surface area contributed by atoms with Gasteiger partial charge in [-0.25, -0.2) is 4.98 Å². The Bertz CT molecular complexity index is 850. The highest BCUT2D eigenvalue weighted by atomic mass is 32.1. The molecule has 2 amide bonds. The van der Waals surface area contributed by atoms with Crippen molar-refractivity contribution in [2.75, 3.05) is 26.2 Å². The predicted octanol–water partition coefficient (Wildman–Crippen LogP) is 2.70. The predicted molar refractivity (Wildman–Crippen MR) is 116 cm³/mol. The first-order valence-corrected chi connectivity index (χ1v) is 10.8. The van der Waals surface area contributed by atoms with Gasteiger partial charge in [0.15, 0.2) is 0 Å². The van der Waals surface area contributed by atoms with Crippen molar-refractivity contribution in [2.24, 2.45) is 0 Å².